The lowest BCUT2D eigenvalue weighted by molar-refractivity contribution is 0.633. The molecule has 3 aromatic heterocycles. The van der Waals surface area contributed by atoms with Crippen LogP contribution in [-0.2, 0) is 6.42 Å². The van der Waals surface area contributed by atoms with Crippen LogP contribution in [0.2, 0.25) is 0 Å². The van der Waals surface area contributed by atoms with Crippen molar-refractivity contribution in [2.75, 3.05) is 0 Å². The SMILES string of the molecule is CCc1ncc2c(-c3nc(C)nc4cc(F)c(-c5cccc6nc(C)ncc56)cc34)cccc2n1. The summed E-state index contributed by atoms with van der Waals surface area (Å²) < 4.78 is 15.5. The summed E-state index contributed by atoms with van der Waals surface area (Å²) >= 11 is 0. The van der Waals surface area contributed by atoms with E-state index in [0.29, 0.717) is 22.7 Å². The molecule has 0 aliphatic rings. The molecule has 0 aliphatic carbocycles. The van der Waals surface area contributed by atoms with Gasteiger partial charge in [0.05, 0.1) is 22.2 Å². The highest BCUT2D eigenvalue weighted by atomic mass is 19.1. The highest BCUT2D eigenvalue weighted by Gasteiger charge is 2.17. The Morgan fingerprint density at radius 3 is 2.14 bits per heavy atom. The molecule has 6 nitrogen and oxygen atoms in total. The molecule has 0 fully saturated rings. The standard InChI is InChI=1S/C28H21FN6/c1-4-27-31-14-22-18(8-6-10-25(22)35-27)28-20-11-19(23(29)12-26(20)33-16(3)34-28)17-7-5-9-24-21(17)13-30-15(2)32-24/h5-14H,4H2,1-3H3. The second kappa shape index (κ2) is 8.13. The van der Waals surface area contributed by atoms with Gasteiger partial charge in [-0.1, -0.05) is 31.2 Å². The van der Waals surface area contributed by atoms with Crippen molar-refractivity contribution in [3.8, 4) is 22.4 Å². The fraction of sp³-hybridized carbons (Fsp3) is 0.143. The first-order valence-electron chi connectivity index (χ1n) is 11.5. The summed E-state index contributed by atoms with van der Waals surface area (Å²) in [7, 11) is 0. The average Bonchev–Trinajstić information content (AvgIpc) is 2.86. The van der Waals surface area contributed by atoms with E-state index >= 15 is 4.39 Å². The molecule has 0 unspecified atom stereocenters. The van der Waals surface area contributed by atoms with E-state index in [1.807, 2.05) is 69.4 Å². The Morgan fingerprint density at radius 1 is 0.657 bits per heavy atom. The zero-order valence-electron chi connectivity index (χ0n) is 19.5. The first-order valence-corrected chi connectivity index (χ1v) is 11.5. The van der Waals surface area contributed by atoms with Crippen LogP contribution in [0.1, 0.15) is 24.4 Å². The minimum atomic E-state index is -0.358. The number of hydrogen-bond acceptors (Lipinski definition) is 6. The van der Waals surface area contributed by atoms with Gasteiger partial charge in [0.1, 0.15) is 23.3 Å². The molecule has 0 N–H and O–H groups in total. The molecular formula is C28H21FN6. The minimum absolute atomic E-state index is 0.358. The van der Waals surface area contributed by atoms with E-state index in [1.165, 1.54) is 6.07 Å². The third kappa shape index (κ3) is 3.56. The van der Waals surface area contributed by atoms with Gasteiger partial charge in [-0.05, 0) is 37.6 Å². The maximum absolute atomic E-state index is 15.5. The Kier molecular flexibility index (Phi) is 4.91. The zero-order valence-corrected chi connectivity index (χ0v) is 19.5. The Morgan fingerprint density at radius 2 is 1.34 bits per heavy atom. The number of rotatable bonds is 3. The molecule has 35 heavy (non-hydrogen) atoms. The molecule has 0 saturated carbocycles. The second-order valence-electron chi connectivity index (χ2n) is 8.50. The van der Waals surface area contributed by atoms with Crippen molar-refractivity contribution in [3.63, 3.8) is 0 Å². The molecule has 0 atom stereocenters. The van der Waals surface area contributed by atoms with Gasteiger partial charge in [0.25, 0.3) is 0 Å². The molecule has 3 aromatic carbocycles. The van der Waals surface area contributed by atoms with Crippen molar-refractivity contribution >= 4 is 32.7 Å². The molecule has 3 heterocycles. The van der Waals surface area contributed by atoms with Gasteiger partial charge < -0.3 is 0 Å². The number of halogens is 1. The number of aryl methyl sites for hydroxylation is 3. The molecule has 0 amide bonds. The molecule has 170 valence electrons. The summed E-state index contributed by atoms with van der Waals surface area (Å²) in [5.41, 5.74) is 4.95. The predicted molar refractivity (Wildman–Crippen MR) is 135 cm³/mol. The van der Waals surface area contributed by atoms with E-state index in [-0.39, 0.29) is 5.82 Å². The number of benzene rings is 3. The highest BCUT2D eigenvalue weighted by Crippen LogP contribution is 2.36. The Balaban J connectivity index is 1.65. The van der Waals surface area contributed by atoms with E-state index in [2.05, 4.69) is 24.9 Å². The maximum atomic E-state index is 15.5. The van der Waals surface area contributed by atoms with Crippen molar-refractivity contribution in [1.29, 1.82) is 0 Å². The van der Waals surface area contributed by atoms with Crippen LogP contribution >= 0.6 is 0 Å². The van der Waals surface area contributed by atoms with Crippen molar-refractivity contribution < 1.29 is 4.39 Å². The normalized spacial score (nSPS) is 11.5. The van der Waals surface area contributed by atoms with Crippen LogP contribution in [0.15, 0.2) is 60.9 Å². The van der Waals surface area contributed by atoms with E-state index in [1.54, 1.807) is 6.20 Å². The van der Waals surface area contributed by atoms with Crippen molar-refractivity contribution in [2.24, 2.45) is 0 Å². The lowest BCUT2D eigenvalue weighted by Crippen LogP contribution is -1.99. The van der Waals surface area contributed by atoms with Crippen LogP contribution in [0.25, 0.3) is 55.1 Å². The Hall–Kier alpha value is -4.39. The van der Waals surface area contributed by atoms with Crippen LogP contribution in [0.3, 0.4) is 0 Å². The third-order valence-corrected chi connectivity index (χ3v) is 6.18. The van der Waals surface area contributed by atoms with Crippen molar-refractivity contribution in [2.45, 2.75) is 27.2 Å². The smallest absolute Gasteiger partial charge is 0.133 e. The molecule has 0 saturated heterocycles. The lowest BCUT2D eigenvalue weighted by Gasteiger charge is -2.13. The summed E-state index contributed by atoms with van der Waals surface area (Å²) in [6.45, 7) is 5.68. The quantitative estimate of drug-likeness (QED) is 0.314. The van der Waals surface area contributed by atoms with Gasteiger partial charge in [0.15, 0.2) is 0 Å². The molecule has 6 aromatic rings. The fourth-order valence-electron chi connectivity index (χ4n) is 4.53. The third-order valence-electron chi connectivity index (χ3n) is 6.18. The van der Waals surface area contributed by atoms with Gasteiger partial charge in [-0.25, -0.2) is 34.3 Å². The first-order chi connectivity index (χ1) is 17.0. The highest BCUT2D eigenvalue weighted by molar-refractivity contribution is 6.04. The monoisotopic (exact) mass is 460 g/mol. The number of fused-ring (bicyclic) bond motifs is 3. The van der Waals surface area contributed by atoms with Crippen LogP contribution in [0.5, 0.6) is 0 Å². The lowest BCUT2D eigenvalue weighted by atomic mass is 9.96. The van der Waals surface area contributed by atoms with E-state index in [4.69, 9.17) is 4.98 Å². The molecule has 0 spiro atoms. The van der Waals surface area contributed by atoms with Crippen molar-refractivity contribution in [3.05, 3.63) is 84.2 Å². The summed E-state index contributed by atoms with van der Waals surface area (Å²) in [5, 5.41) is 2.43. The summed E-state index contributed by atoms with van der Waals surface area (Å²) in [6, 6.07) is 14.9. The van der Waals surface area contributed by atoms with Crippen molar-refractivity contribution in [1.82, 2.24) is 29.9 Å². The molecule has 0 bridgehead atoms. The zero-order chi connectivity index (χ0) is 24.1. The Bertz CT molecular complexity index is 1780. The molecule has 6 rings (SSSR count). The topological polar surface area (TPSA) is 77.3 Å². The Labute approximate surface area is 201 Å². The molecule has 7 heteroatoms. The summed E-state index contributed by atoms with van der Waals surface area (Å²) in [6.07, 6.45) is 4.34. The summed E-state index contributed by atoms with van der Waals surface area (Å²) in [5.74, 6) is 1.67. The van der Waals surface area contributed by atoms with Crippen LogP contribution in [-0.4, -0.2) is 29.9 Å². The molecular weight excluding hydrogens is 439 g/mol. The van der Waals surface area contributed by atoms with Crippen LogP contribution in [0.4, 0.5) is 4.39 Å². The molecule has 0 radical (unpaired) electrons. The van der Waals surface area contributed by atoms with Gasteiger partial charge in [-0.15, -0.1) is 0 Å². The largest absolute Gasteiger partial charge is 0.241 e. The van der Waals surface area contributed by atoms with Gasteiger partial charge in [-0.3, -0.25) is 0 Å². The van der Waals surface area contributed by atoms with Gasteiger partial charge >= 0.3 is 0 Å². The van der Waals surface area contributed by atoms with Gasteiger partial charge in [0, 0.05) is 52.2 Å². The van der Waals surface area contributed by atoms with Gasteiger partial charge in [0.2, 0.25) is 0 Å². The van der Waals surface area contributed by atoms with E-state index in [9.17, 15) is 0 Å². The maximum Gasteiger partial charge on any atom is 0.133 e. The molecule has 0 aliphatic heterocycles. The van der Waals surface area contributed by atoms with Crippen LogP contribution in [0, 0.1) is 19.7 Å². The van der Waals surface area contributed by atoms with E-state index < -0.39 is 0 Å². The number of aromatic nitrogens is 6. The fourth-order valence-corrected chi connectivity index (χ4v) is 4.53. The average molecular weight is 461 g/mol. The van der Waals surface area contributed by atoms with Crippen LogP contribution < -0.4 is 0 Å². The van der Waals surface area contributed by atoms with Gasteiger partial charge in [-0.2, -0.15) is 0 Å². The number of nitrogens with zero attached hydrogens (tertiary/aromatic N) is 6. The first kappa shape index (κ1) is 21.2. The van der Waals surface area contributed by atoms with E-state index in [0.717, 1.165) is 56.3 Å². The predicted octanol–water partition coefficient (Wildman–Crippen LogP) is 6.17. The second-order valence-corrected chi connectivity index (χ2v) is 8.50. The summed E-state index contributed by atoms with van der Waals surface area (Å²) in [4.78, 5) is 27.3. The number of hydrogen-bond donors (Lipinski definition) is 0. The minimum Gasteiger partial charge on any atom is -0.241 e.